The first-order valence-electron chi connectivity index (χ1n) is 5.07. The van der Waals surface area contributed by atoms with Gasteiger partial charge in [0, 0.05) is 18.6 Å². The number of rotatable bonds is 2. The van der Waals surface area contributed by atoms with E-state index in [1.165, 1.54) is 0 Å². The molecule has 2 aromatic rings. The Balaban J connectivity index is 2.68. The summed E-state index contributed by atoms with van der Waals surface area (Å²) in [6, 6.07) is 3.94. The van der Waals surface area contributed by atoms with Crippen molar-refractivity contribution in [1.29, 1.82) is 0 Å². The Morgan fingerprint density at radius 3 is 2.67 bits per heavy atom. The fraction of sp³-hybridized carbons (Fsp3) is 0.417. The molecule has 0 amide bonds. The first kappa shape index (κ1) is 10.0. The largest absolute Gasteiger partial charge is 0.496 e. The molecule has 0 N–H and O–H groups in total. The van der Waals surface area contributed by atoms with E-state index in [-0.39, 0.29) is 0 Å². The predicted molar refractivity (Wildman–Crippen MR) is 59.4 cm³/mol. The lowest BCUT2D eigenvalue weighted by atomic mass is 10.0. The van der Waals surface area contributed by atoms with E-state index < -0.39 is 0 Å². The molecule has 0 aliphatic heterocycles. The number of aryl methyl sites for hydroxylation is 1. The third kappa shape index (κ3) is 1.69. The summed E-state index contributed by atoms with van der Waals surface area (Å²) in [7, 11) is 1.68. The number of hydrogen-bond acceptors (Lipinski definition) is 3. The molecule has 0 atom stereocenters. The van der Waals surface area contributed by atoms with Gasteiger partial charge in [0.05, 0.1) is 7.11 Å². The van der Waals surface area contributed by atoms with Gasteiger partial charge in [-0.1, -0.05) is 13.8 Å². The molecule has 0 saturated heterocycles. The van der Waals surface area contributed by atoms with Crippen LogP contribution in [0.15, 0.2) is 16.5 Å². The van der Waals surface area contributed by atoms with Crippen LogP contribution in [0.3, 0.4) is 0 Å². The molecule has 0 aliphatic carbocycles. The zero-order valence-electron chi connectivity index (χ0n) is 9.50. The van der Waals surface area contributed by atoms with Gasteiger partial charge in [-0.3, -0.25) is 0 Å². The van der Waals surface area contributed by atoms with Crippen molar-refractivity contribution in [1.82, 2.24) is 4.98 Å². The third-order valence-corrected chi connectivity index (χ3v) is 2.47. The van der Waals surface area contributed by atoms with Crippen molar-refractivity contribution >= 4 is 11.1 Å². The SMILES string of the molecule is COc1cc2nc(C)oc2cc1C(C)C. The van der Waals surface area contributed by atoms with Gasteiger partial charge in [0.2, 0.25) is 0 Å². The molecular weight excluding hydrogens is 190 g/mol. The van der Waals surface area contributed by atoms with Crippen molar-refractivity contribution < 1.29 is 9.15 Å². The lowest BCUT2D eigenvalue weighted by Crippen LogP contribution is -1.93. The van der Waals surface area contributed by atoms with Gasteiger partial charge in [-0.25, -0.2) is 4.98 Å². The van der Waals surface area contributed by atoms with Crippen LogP contribution in [-0.2, 0) is 0 Å². The summed E-state index contributed by atoms with van der Waals surface area (Å²) in [4.78, 5) is 4.28. The molecule has 2 rings (SSSR count). The molecule has 0 aliphatic rings. The number of oxazole rings is 1. The van der Waals surface area contributed by atoms with Crippen LogP contribution in [0.5, 0.6) is 5.75 Å². The molecule has 1 heterocycles. The predicted octanol–water partition coefficient (Wildman–Crippen LogP) is 3.27. The van der Waals surface area contributed by atoms with Gasteiger partial charge in [0.1, 0.15) is 11.3 Å². The molecule has 1 aromatic carbocycles. The van der Waals surface area contributed by atoms with Gasteiger partial charge in [0.25, 0.3) is 0 Å². The van der Waals surface area contributed by atoms with Crippen LogP contribution in [0.25, 0.3) is 11.1 Å². The van der Waals surface area contributed by atoms with Crippen LogP contribution in [0, 0.1) is 6.92 Å². The molecule has 0 unspecified atom stereocenters. The van der Waals surface area contributed by atoms with Crippen molar-refractivity contribution in [2.75, 3.05) is 7.11 Å². The Labute approximate surface area is 89.1 Å². The van der Waals surface area contributed by atoms with Gasteiger partial charge < -0.3 is 9.15 Å². The topological polar surface area (TPSA) is 35.3 Å². The maximum Gasteiger partial charge on any atom is 0.192 e. The second kappa shape index (κ2) is 3.57. The van der Waals surface area contributed by atoms with E-state index in [2.05, 4.69) is 18.8 Å². The maximum atomic E-state index is 5.49. The van der Waals surface area contributed by atoms with Crippen molar-refractivity contribution in [3.05, 3.63) is 23.6 Å². The van der Waals surface area contributed by atoms with Gasteiger partial charge in [-0.05, 0) is 12.0 Å². The Kier molecular flexibility index (Phi) is 2.39. The summed E-state index contributed by atoms with van der Waals surface area (Å²) in [6.45, 7) is 6.11. The number of fused-ring (bicyclic) bond motifs is 1. The summed E-state index contributed by atoms with van der Waals surface area (Å²) in [5.41, 5.74) is 2.84. The Hall–Kier alpha value is -1.51. The highest BCUT2D eigenvalue weighted by atomic mass is 16.5. The van der Waals surface area contributed by atoms with Gasteiger partial charge in [-0.2, -0.15) is 0 Å². The van der Waals surface area contributed by atoms with Crippen LogP contribution >= 0.6 is 0 Å². The highest BCUT2D eigenvalue weighted by Gasteiger charge is 2.12. The number of aromatic nitrogens is 1. The van der Waals surface area contributed by atoms with E-state index in [4.69, 9.17) is 9.15 Å². The number of ether oxygens (including phenoxy) is 1. The average Bonchev–Trinajstić information content (AvgIpc) is 2.54. The van der Waals surface area contributed by atoms with E-state index in [0.717, 1.165) is 22.4 Å². The summed E-state index contributed by atoms with van der Waals surface area (Å²) >= 11 is 0. The lowest BCUT2D eigenvalue weighted by molar-refractivity contribution is 0.408. The summed E-state index contributed by atoms with van der Waals surface area (Å²) in [5.74, 6) is 1.98. The van der Waals surface area contributed by atoms with Gasteiger partial charge in [0.15, 0.2) is 11.5 Å². The summed E-state index contributed by atoms with van der Waals surface area (Å²) in [6.07, 6.45) is 0. The van der Waals surface area contributed by atoms with Crippen molar-refractivity contribution in [2.45, 2.75) is 26.7 Å². The number of methoxy groups -OCH3 is 1. The van der Waals surface area contributed by atoms with Gasteiger partial charge in [-0.15, -0.1) is 0 Å². The van der Waals surface area contributed by atoms with Crippen molar-refractivity contribution in [3.63, 3.8) is 0 Å². The van der Waals surface area contributed by atoms with Crippen LogP contribution in [0.2, 0.25) is 0 Å². The first-order chi connectivity index (χ1) is 7.11. The van der Waals surface area contributed by atoms with E-state index in [0.29, 0.717) is 11.8 Å². The molecule has 0 bridgehead atoms. The van der Waals surface area contributed by atoms with E-state index >= 15 is 0 Å². The van der Waals surface area contributed by atoms with Gasteiger partial charge >= 0.3 is 0 Å². The maximum absolute atomic E-state index is 5.49. The monoisotopic (exact) mass is 205 g/mol. The minimum absolute atomic E-state index is 0.412. The fourth-order valence-electron chi connectivity index (χ4n) is 1.71. The third-order valence-electron chi connectivity index (χ3n) is 2.47. The Bertz CT molecular complexity index is 486. The molecule has 15 heavy (non-hydrogen) atoms. The second-order valence-corrected chi connectivity index (χ2v) is 3.95. The zero-order valence-corrected chi connectivity index (χ0v) is 9.50. The van der Waals surface area contributed by atoms with E-state index in [1.54, 1.807) is 7.11 Å². The van der Waals surface area contributed by atoms with Crippen LogP contribution < -0.4 is 4.74 Å². The molecule has 3 nitrogen and oxygen atoms in total. The van der Waals surface area contributed by atoms with E-state index in [1.807, 2.05) is 19.1 Å². The Morgan fingerprint density at radius 1 is 1.33 bits per heavy atom. The molecule has 0 fully saturated rings. The lowest BCUT2D eigenvalue weighted by Gasteiger charge is -2.10. The highest BCUT2D eigenvalue weighted by molar-refractivity contribution is 5.76. The minimum Gasteiger partial charge on any atom is -0.496 e. The molecular formula is C12H15NO2. The molecule has 0 radical (unpaired) electrons. The van der Waals surface area contributed by atoms with Crippen LogP contribution in [0.1, 0.15) is 31.2 Å². The molecule has 0 saturated carbocycles. The number of benzene rings is 1. The van der Waals surface area contributed by atoms with Crippen molar-refractivity contribution in [2.24, 2.45) is 0 Å². The summed E-state index contributed by atoms with van der Waals surface area (Å²) in [5, 5.41) is 0. The first-order valence-corrected chi connectivity index (χ1v) is 5.07. The molecule has 1 aromatic heterocycles. The molecule has 0 spiro atoms. The second-order valence-electron chi connectivity index (χ2n) is 3.95. The smallest absolute Gasteiger partial charge is 0.192 e. The highest BCUT2D eigenvalue weighted by Crippen LogP contribution is 2.31. The minimum atomic E-state index is 0.412. The number of nitrogens with zero attached hydrogens (tertiary/aromatic N) is 1. The van der Waals surface area contributed by atoms with E-state index in [9.17, 15) is 0 Å². The standard InChI is InChI=1S/C12H15NO2/c1-7(2)9-5-12-10(6-11(9)14-4)13-8(3)15-12/h5-7H,1-4H3. The van der Waals surface area contributed by atoms with Crippen molar-refractivity contribution in [3.8, 4) is 5.75 Å². The molecule has 80 valence electrons. The van der Waals surface area contributed by atoms with Crippen LogP contribution in [0.4, 0.5) is 0 Å². The fourth-order valence-corrected chi connectivity index (χ4v) is 1.71. The quantitative estimate of drug-likeness (QED) is 0.754. The number of hydrogen-bond donors (Lipinski definition) is 0. The summed E-state index contributed by atoms with van der Waals surface area (Å²) < 4.78 is 10.8. The van der Waals surface area contributed by atoms with Crippen LogP contribution in [-0.4, -0.2) is 12.1 Å². The molecule has 3 heteroatoms. The Morgan fingerprint density at radius 2 is 2.07 bits per heavy atom. The zero-order chi connectivity index (χ0) is 11.0. The normalized spacial score (nSPS) is 11.3. The average molecular weight is 205 g/mol.